The van der Waals surface area contributed by atoms with Crippen LogP contribution in [0.1, 0.15) is 32.3 Å². The molecule has 0 fully saturated rings. The zero-order valence-corrected chi connectivity index (χ0v) is 12.8. The standard InChI is InChI=1S/C15H19ClO5/c1-3-21-14(20)15(13(18)19,9-8-10(2)17)11-6-4-5-7-12(11)16/h4-7,10,17H,3,8-9H2,1-2H3,(H,18,19). The Morgan fingerprint density at radius 1 is 1.38 bits per heavy atom. The average Bonchev–Trinajstić information content (AvgIpc) is 2.41. The van der Waals surface area contributed by atoms with Crippen LogP contribution in [0.3, 0.4) is 0 Å². The van der Waals surface area contributed by atoms with E-state index < -0.39 is 23.5 Å². The second-order valence-electron chi connectivity index (χ2n) is 4.80. The third-order valence-electron chi connectivity index (χ3n) is 3.26. The molecule has 1 aromatic carbocycles. The summed E-state index contributed by atoms with van der Waals surface area (Å²) in [7, 11) is 0. The molecule has 2 N–H and O–H groups in total. The van der Waals surface area contributed by atoms with E-state index in [1.807, 2.05) is 0 Å². The number of carboxylic acids is 1. The van der Waals surface area contributed by atoms with Crippen LogP contribution in [0.2, 0.25) is 5.02 Å². The average molecular weight is 315 g/mol. The minimum absolute atomic E-state index is 0.0625. The number of ether oxygens (including phenoxy) is 1. The summed E-state index contributed by atoms with van der Waals surface area (Å²) in [6, 6.07) is 6.28. The number of rotatable bonds is 7. The maximum Gasteiger partial charge on any atom is 0.328 e. The van der Waals surface area contributed by atoms with Gasteiger partial charge in [-0.25, -0.2) is 0 Å². The lowest BCUT2D eigenvalue weighted by Crippen LogP contribution is -2.45. The Bertz CT molecular complexity index is 515. The fourth-order valence-electron chi connectivity index (χ4n) is 2.14. The molecule has 1 rings (SSSR count). The van der Waals surface area contributed by atoms with Gasteiger partial charge >= 0.3 is 11.9 Å². The predicted octanol–water partition coefficient (Wildman–Crippen LogP) is 2.39. The van der Waals surface area contributed by atoms with Crippen LogP contribution in [0, 0.1) is 0 Å². The topological polar surface area (TPSA) is 83.8 Å². The van der Waals surface area contributed by atoms with Gasteiger partial charge in [-0.05, 0) is 38.3 Å². The van der Waals surface area contributed by atoms with Gasteiger partial charge in [0.1, 0.15) is 0 Å². The number of hydrogen-bond acceptors (Lipinski definition) is 4. The van der Waals surface area contributed by atoms with Crippen molar-refractivity contribution >= 4 is 23.5 Å². The van der Waals surface area contributed by atoms with Crippen LogP contribution in [0.5, 0.6) is 0 Å². The van der Waals surface area contributed by atoms with Crippen molar-refractivity contribution in [3.8, 4) is 0 Å². The first-order valence-electron chi connectivity index (χ1n) is 6.70. The highest BCUT2D eigenvalue weighted by atomic mass is 35.5. The summed E-state index contributed by atoms with van der Waals surface area (Å²) < 4.78 is 4.95. The molecule has 6 heteroatoms. The van der Waals surface area contributed by atoms with Crippen LogP contribution in [0.15, 0.2) is 24.3 Å². The molecule has 21 heavy (non-hydrogen) atoms. The summed E-state index contributed by atoms with van der Waals surface area (Å²) in [4.78, 5) is 24.2. The molecule has 0 spiro atoms. The monoisotopic (exact) mass is 314 g/mol. The van der Waals surface area contributed by atoms with E-state index in [9.17, 15) is 19.8 Å². The van der Waals surface area contributed by atoms with E-state index in [1.165, 1.54) is 19.1 Å². The molecule has 1 aromatic rings. The SMILES string of the molecule is CCOC(=O)C(CCC(C)O)(C(=O)O)c1ccccc1Cl. The van der Waals surface area contributed by atoms with E-state index in [2.05, 4.69) is 0 Å². The van der Waals surface area contributed by atoms with Crippen molar-refractivity contribution in [3.63, 3.8) is 0 Å². The third kappa shape index (κ3) is 3.74. The molecule has 0 radical (unpaired) electrons. The smallest absolute Gasteiger partial charge is 0.328 e. The van der Waals surface area contributed by atoms with Gasteiger partial charge in [-0.3, -0.25) is 9.59 Å². The van der Waals surface area contributed by atoms with Crippen LogP contribution in [0.4, 0.5) is 0 Å². The molecule has 0 aliphatic rings. The molecular formula is C15H19ClO5. The summed E-state index contributed by atoms with van der Waals surface area (Å²) in [6.07, 6.45) is -0.695. The van der Waals surface area contributed by atoms with E-state index in [1.54, 1.807) is 19.1 Å². The van der Waals surface area contributed by atoms with Crippen LogP contribution >= 0.6 is 11.6 Å². The zero-order valence-electron chi connectivity index (χ0n) is 12.0. The van der Waals surface area contributed by atoms with Crippen molar-refractivity contribution in [1.29, 1.82) is 0 Å². The van der Waals surface area contributed by atoms with Crippen LogP contribution in [0.25, 0.3) is 0 Å². The van der Waals surface area contributed by atoms with E-state index in [0.717, 1.165) is 0 Å². The van der Waals surface area contributed by atoms with Crippen molar-refractivity contribution in [2.75, 3.05) is 6.61 Å². The molecule has 0 heterocycles. The maximum absolute atomic E-state index is 12.3. The molecule has 0 amide bonds. The highest BCUT2D eigenvalue weighted by Gasteiger charge is 2.50. The Kier molecular flexibility index (Phi) is 6.18. The van der Waals surface area contributed by atoms with Crippen molar-refractivity contribution in [2.45, 2.75) is 38.2 Å². The van der Waals surface area contributed by atoms with Crippen molar-refractivity contribution in [3.05, 3.63) is 34.9 Å². The molecule has 0 saturated carbocycles. The van der Waals surface area contributed by atoms with E-state index in [-0.39, 0.29) is 30.0 Å². The minimum Gasteiger partial charge on any atom is -0.480 e. The number of halogens is 1. The molecule has 0 aliphatic carbocycles. The van der Waals surface area contributed by atoms with E-state index >= 15 is 0 Å². The Morgan fingerprint density at radius 2 is 2.00 bits per heavy atom. The second-order valence-corrected chi connectivity index (χ2v) is 5.21. The number of aliphatic hydroxyl groups is 1. The molecular weight excluding hydrogens is 296 g/mol. The van der Waals surface area contributed by atoms with Gasteiger partial charge in [0.05, 0.1) is 12.7 Å². The number of aliphatic hydroxyl groups excluding tert-OH is 1. The Morgan fingerprint density at radius 3 is 2.48 bits per heavy atom. The van der Waals surface area contributed by atoms with Gasteiger partial charge in [-0.15, -0.1) is 0 Å². The number of carbonyl (C=O) groups is 2. The Labute approximate surface area is 128 Å². The molecule has 0 saturated heterocycles. The lowest BCUT2D eigenvalue weighted by Gasteiger charge is -2.29. The van der Waals surface area contributed by atoms with Crippen molar-refractivity contribution in [1.82, 2.24) is 0 Å². The first-order chi connectivity index (χ1) is 9.86. The van der Waals surface area contributed by atoms with Crippen LogP contribution in [-0.4, -0.2) is 34.9 Å². The van der Waals surface area contributed by atoms with Crippen molar-refractivity contribution < 1.29 is 24.5 Å². The summed E-state index contributed by atoms with van der Waals surface area (Å²) in [5.41, 5.74) is -1.73. The first kappa shape index (κ1) is 17.5. The normalized spacial score (nSPS) is 15.0. The number of carbonyl (C=O) groups excluding carboxylic acids is 1. The number of benzene rings is 1. The van der Waals surface area contributed by atoms with Gasteiger partial charge < -0.3 is 14.9 Å². The fourth-order valence-corrected chi connectivity index (χ4v) is 2.44. The van der Waals surface area contributed by atoms with Gasteiger partial charge in [0.25, 0.3) is 0 Å². The molecule has 0 aromatic heterocycles. The highest BCUT2D eigenvalue weighted by Crippen LogP contribution is 2.36. The third-order valence-corrected chi connectivity index (χ3v) is 3.59. The molecule has 2 unspecified atom stereocenters. The summed E-state index contributed by atoms with van der Waals surface area (Å²) in [6.45, 7) is 3.20. The highest BCUT2D eigenvalue weighted by molar-refractivity contribution is 6.32. The number of carboxylic acid groups (broad SMARTS) is 1. The van der Waals surface area contributed by atoms with E-state index in [4.69, 9.17) is 16.3 Å². The molecule has 5 nitrogen and oxygen atoms in total. The second kappa shape index (κ2) is 7.43. The largest absolute Gasteiger partial charge is 0.480 e. The van der Waals surface area contributed by atoms with Crippen molar-refractivity contribution in [2.24, 2.45) is 0 Å². The van der Waals surface area contributed by atoms with Gasteiger partial charge in [0.2, 0.25) is 0 Å². The summed E-state index contributed by atoms with van der Waals surface area (Å²) >= 11 is 6.08. The lowest BCUT2D eigenvalue weighted by molar-refractivity contribution is -0.162. The Hall–Kier alpha value is -1.59. The predicted molar refractivity (Wildman–Crippen MR) is 78.3 cm³/mol. The first-order valence-corrected chi connectivity index (χ1v) is 7.07. The zero-order chi connectivity index (χ0) is 16.0. The number of hydrogen-bond donors (Lipinski definition) is 2. The van der Waals surface area contributed by atoms with Gasteiger partial charge in [-0.2, -0.15) is 0 Å². The van der Waals surface area contributed by atoms with Gasteiger partial charge in [-0.1, -0.05) is 29.8 Å². The fraction of sp³-hybridized carbons (Fsp3) is 0.467. The quantitative estimate of drug-likeness (QED) is 0.596. The maximum atomic E-state index is 12.3. The molecule has 116 valence electrons. The molecule has 0 bridgehead atoms. The molecule has 0 aliphatic heterocycles. The lowest BCUT2D eigenvalue weighted by atomic mass is 9.76. The van der Waals surface area contributed by atoms with Gasteiger partial charge in [0.15, 0.2) is 5.41 Å². The summed E-state index contributed by atoms with van der Waals surface area (Å²) in [5, 5.41) is 19.3. The molecule has 2 atom stereocenters. The number of aliphatic carboxylic acids is 1. The number of esters is 1. The summed E-state index contributed by atoms with van der Waals surface area (Å²) in [5.74, 6) is -2.21. The van der Waals surface area contributed by atoms with Crippen LogP contribution in [-0.2, 0) is 19.7 Å². The van der Waals surface area contributed by atoms with E-state index in [0.29, 0.717) is 0 Å². The minimum atomic E-state index is -1.91. The Balaban J connectivity index is 3.40. The van der Waals surface area contributed by atoms with Crippen LogP contribution < -0.4 is 0 Å². The van der Waals surface area contributed by atoms with Gasteiger partial charge in [0, 0.05) is 5.02 Å².